The number of nitrogens with zero attached hydrogens (tertiary/aromatic N) is 3. The first kappa shape index (κ1) is 14.2. The van der Waals surface area contributed by atoms with E-state index in [0.717, 1.165) is 30.9 Å². The fourth-order valence-electron chi connectivity index (χ4n) is 1.96. The van der Waals surface area contributed by atoms with Crippen LogP contribution in [0.5, 0.6) is 0 Å². The summed E-state index contributed by atoms with van der Waals surface area (Å²) in [6.07, 6.45) is 1.32. The van der Waals surface area contributed by atoms with Crippen LogP contribution in [0.2, 0.25) is 0 Å². The third-order valence-electron chi connectivity index (χ3n) is 3.18. The number of nitrogens with one attached hydrogen (secondary N) is 2. The Labute approximate surface area is 118 Å². The first-order valence-corrected chi connectivity index (χ1v) is 6.71. The summed E-state index contributed by atoms with van der Waals surface area (Å²) in [6, 6.07) is 7.80. The van der Waals surface area contributed by atoms with Crippen LogP contribution in [0.15, 0.2) is 30.6 Å². The summed E-state index contributed by atoms with van der Waals surface area (Å²) in [5.74, 6) is -0.0721. The van der Waals surface area contributed by atoms with Crippen molar-refractivity contribution in [2.24, 2.45) is 0 Å². The van der Waals surface area contributed by atoms with Gasteiger partial charge in [-0.15, -0.1) is 0 Å². The van der Waals surface area contributed by atoms with Crippen molar-refractivity contribution in [1.82, 2.24) is 20.1 Å². The molecule has 0 saturated carbocycles. The van der Waals surface area contributed by atoms with Gasteiger partial charge in [0.25, 0.3) is 5.91 Å². The minimum atomic E-state index is -0.283. The second-order valence-electron chi connectivity index (χ2n) is 4.41. The zero-order valence-electron chi connectivity index (χ0n) is 11.8. The molecular formula is C14H19N5O. The normalized spacial score (nSPS) is 10.8. The number of carbonyl (C=O) groups is 1. The zero-order valence-corrected chi connectivity index (χ0v) is 11.8. The topological polar surface area (TPSA) is 73.9 Å². The zero-order chi connectivity index (χ0) is 14.4. The Balaban J connectivity index is 2.13. The monoisotopic (exact) mass is 273 g/mol. The minimum absolute atomic E-state index is 0.211. The fraction of sp³-hybridized carbons (Fsp3) is 0.357. The first-order valence-electron chi connectivity index (χ1n) is 6.71. The summed E-state index contributed by atoms with van der Waals surface area (Å²) in [4.78, 5) is 18.1. The molecule has 2 aromatic rings. The number of benzene rings is 1. The Morgan fingerprint density at radius 1 is 1.30 bits per heavy atom. The van der Waals surface area contributed by atoms with Crippen molar-refractivity contribution >= 4 is 11.6 Å². The lowest BCUT2D eigenvalue weighted by Gasteiger charge is -2.20. The molecule has 0 saturated heterocycles. The second kappa shape index (κ2) is 6.81. The number of hydrogen-bond donors (Lipinski definition) is 2. The Hall–Kier alpha value is -2.21. The summed E-state index contributed by atoms with van der Waals surface area (Å²) in [6.45, 7) is 7.00. The lowest BCUT2D eigenvalue weighted by molar-refractivity contribution is 0.101. The number of aromatic nitrogens is 3. The van der Waals surface area contributed by atoms with Gasteiger partial charge in [0.1, 0.15) is 6.33 Å². The van der Waals surface area contributed by atoms with Crippen LogP contribution in [-0.4, -0.2) is 39.1 Å². The van der Waals surface area contributed by atoms with Gasteiger partial charge in [-0.05, 0) is 24.7 Å². The maximum atomic E-state index is 12.0. The van der Waals surface area contributed by atoms with Crippen LogP contribution in [0.3, 0.4) is 0 Å². The molecule has 1 aromatic heterocycles. The summed E-state index contributed by atoms with van der Waals surface area (Å²) in [5, 5.41) is 9.10. The van der Waals surface area contributed by atoms with Crippen LogP contribution in [0.4, 0.5) is 5.69 Å². The molecule has 1 amide bonds. The highest BCUT2D eigenvalue weighted by Gasteiger charge is 2.12. The molecule has 6 nitrogen and oxygen atoms in total. The largest absolute Gasteiger partial charge is 0.319 e. The van der Waals surface area contributed by atoms with E-state index in [4.69, 9.17) is 0 Å². The number of hydrogen-bond acceptors (Lipinski definition) is 4. The van der Waals surface area contributed by atoms with Gasteiger partial charge in [-0.25, -0.2) is 4.98 Å². The predicted molar refractivity (Wildman–Crippen MR) is 77.4 cm³/mol. The van der Waals surface area contributed by atoms with E-state index in [-0.39, 0.29) is 11.7 Å². The lowest BCUT2D eigenvalue weighted by atomic mass is 10.1. The lowest BCUT2D eigenvalue weighted by Crippen LogP contribution is -2.23. The van der Waals surface area contributed by atoms with Crippen LogP contribution in [0, 0.1) is 0 Å². The van der Waals surface area contributed by atoms with Gasteiger partial charge < -0.3 is 5.32 Å². The third-order valence-corrected chi connectivity index (χ3v) is 3.18. The molecule has 0 bridgehead atoms. The highest BCUT2D eigenvalue weighted by atomic mass is 16.2. The molecule has 2 N–H and O–H groups in total. The smallest absolute Gasteiger partial charge is 0.292 e. The van der Waals surface area contributed by atoms with E-state index in [2.05, 4.69) is 39.2 Å². The van der Waals surface area contributed by atoms with E-state index in [1.165, 1.54) is 6.33 Å². The number of anilines is 1. The van der Waals surface area contributed by atoms with Gasteiger partial charge in [0, 0.05) is 12.2 Å². The molecule has 0 aliphatic rings. The highest BCUT2D eigenvalue weighted by molar-refractivity contribution is 6.01. The van der Waals surface area contributed by atoms with Gasteiger partial charge >= 0.3 is 0 Å². The standard InChI is InChI=1S/C14H19N5O/c1-3-19(4-2)9-11-7-5-6-8-12(11)17-14(20)13-15-10-16-18-13/h5-8,10H,3-4,9H2,1-2H3,(H,17,20)(H,15,16,18). The van der Waals surface area contributed by atoms with Crippen molar-refractivity contribution in [1.29, 1.82) is 0 Å². The number of carbonyl (C=O) groups excluding carboxylic acids is 1. The Kier molecular flexibility index (Phi) is 4.84. The first-order chi connectivity index (χ1) is 9.74. The molecule has 0 spiro atoms. The molecular weight excluding hydrogens is 254 g/mol. The number of aromatic amines is 1. The minimum Gasteiger partial charge on any atom is -0.319 e. The highest BCUT2D eigenvalue weighted by Crippen LogP contribution is 2.17. The fourth-order valence-corrected chi connectivity index (χ4v) is 1.96. The van der Waals surface area contributed by atoms with Gasteiger partial charge in [-0.3, -0.25) is 14.8 Å². The second-order valence-corrected chi connectivity index (χ2v) is 4.41. The van der Waals surface area contributed by atoms with Crippen LogP contribution in [-0.2, 0) is 6.54 Å². The Morgan fingerprint density at radius 2 is 2.05 bits per heavy atom. The maximum Gasteiger partial charge on any atom is 0.292 e. The van der Waals surface area contributed by atoms with Crippen molar-refractivity contribution < 1.29 is 4.79 Å². The summed E-state index contributed by atoms with van der Waals surface area (Å²) in [5.41, 5.74) is 1.89. The molecule has 0 unspecified atom stereocenters. The molecule has 20 heavy (non-hydrogen) atoms. The van der Waals surface area contributed by atoms with Gasteiger partial charge in [0.05, 0.1) is 0 Å². The van der Waals surface area contributed by atoms with Crippen LogP contribution < -0.4 is 5.32 Å². The Bertz CT molecular complexity index is 548. The summed E-state index contributed by atoms with van der Waals surface area (Å²) >= 11 is 0. The summed E-state index contributed by atoms with van der Waals surface area (Å²) in [7, 11) is 0. The average molecular weight is 273 g/mol. The van der Waals surface area contributed by atoms with Crippen molar-refractivity contribution in [2.45, 2.75) is 20.4 Å². The number of para-hydroxylation sites is 1. The maximum absolute atomic E-state index is 12.0. The molecule has 1 aromatic carbocycles. The third kappa shape index (κ3) is 3.42. The van der Waals surface area contributed by atoms with Crippen LogP contribution in [0.25, 0.3) is 0 Å². The molecule has 0 atom stereocenters. The molecule has 106 valence electrons. The van der Waals surface area contributed by atoms with Gasteiger partial charge in [0.15, 0.2) is 0 Å². The van der Waals surface area contributed by atoms with Crippen molar-refractivity contribution in [3.8, 4) is 0 Å². The van der Waals surface area contributed by atoms with Crippen molar-refractivity contribution in [2.75, 3.05) is 18.4 Å². The molecule has 0 aliphatic heterocycles. The van der Waals surface area contributed by atoms with E-state index in [9.17, 15) is 4.79 Å². The van der Waals surface area contributed by atoms with Crippen LogP contribution >= 0.6 is 0 Å². The molecule has 6 heteroatoms. The van der Waals surface area contributed by atoms with E-state index in [1.54, 1.807) is 0 Å². The van der Waals surface area contributed by atoms with Gasteiger partial charge in [-0.1, -0.05) is 32.0 Å². The van der Waals surface area contributed by atoms with Gasteiger partial charge in [-0.2, -0.15) is 5.10 Å². The van der Waals surface area contributed by atoms with E-state index in [0.29, 0.717) is 0 Å². The SMILES string of the molecule is CCN(CC)Cc1ccccc1NC(=O)c1ncn[nH]1. The molecule has 0 aliphatic carbocycles. The molecule has 0 fully saturated rings. The van der Waals surface area contributed by atoms with Crippen LogP contribution in [0.1, 0.15) is 30.0 Å². The molecule has 1 heterocycles. The number of rotatable bonds is 6. The predicted octanol–water partition coefficient (Wildman–Crippen LogP) is 1.90. The molecule has 2 rings (SSSR count). The van der Waals surface area contributed by atoms with Crippen molar-refractivity contribution in [3.05, 3.63) is 42.0 Å². The van der Waals surface area contributed by atoms with Crippen molar-refractivity contribution in [3.63, 3.8) is 0 Å². The van der Waals surface area contributed by atoms with E-state index >= 15 is 0 Å². The number of H-pyrrole nitrogens is 1. The number of amides is 1. The van der Waals surface area contributed by atoms with Gasteiger partial charge in [0.2, 0.25) is 5.82 Å². The average Bonchev–Trinajstić information content (AvgIpc) is 3.00. The van der Waals surface area contributed by atoms with E-state index in [1.807, 2.05) is 24.3 Å². The van der Waals surface area contributed by atoms with E-state index < -0.39 is 0 Å². The molecule has 0 radical (unpaired) electrons. The summed E-state index contributed by atoms with van der Waals surface area (Å²) < 4.78 is 0. The quantitative estimate of drug-likeness (QED) is 0.843. The Morgan fingerprint density at radius 3 is 2.70 bits per heavy atom.